The van der Waals surface area contributed by atoms with Gasteiger partial charge in [-0.3, -0.25) is 4.79 Å². The Balaban J connectivity index is 2.53. The third kappa shape index (κ3) is 2.76. The maximum Gasteiger partial charge on any atom is 0.312 e. The molecule has 0 unspecified atom stereocenters. The largest absolute Gasteiger partial charge is 0.492 e. The lowest BCUT2D eigenvalue weighted by Gasteiger charge is -2.19. The summed E-state index contributed by atoms with van der Waals surface area (Å²) in [6.07, 6.45) is 0. The Morgan fingerprint density at radius 2 is 1.93 bits per heavy atom. The Hall–Kier alpha value is -1.51. The first-order valence-corrected chi connectivity index (χ1v) is 4.43. The van der Waals surface area contributed by atoms with Gasteiger partial charge in [-0.15, -0.1) is 0 Å². The Morgan fingerprint density at radius 1 is 1.36 bits per heavy atom. The molecule has 3 heteroatoms. The first-order chi connectivity index (χ1) is 6.52. The minimum Gasteiger partial charge on any atom is -0.492 e. The molecule has 1 aromatic rings. The van der Waals surface area contributed by atoms with Crippen LogP contribution in [0.25, 0.3) is 0 Å². The number of ether oxygens (including phenoxy) is 1. The number of carboxylic acid groups (broad SMARTS) is 1. The number of hydrogen-bond donors (Lipinski definition) is 1. The van der Waals surface area contributed by atoms with Crippen molar-refractivity contribution in [1.29, 1.82) is 0 Å². The molecule has 1 aromatic carbocycles. The van der Waals surface area contributed by atoms with E-state index in [2.05, 4.69) is 0 Å². The van der Waals surface area contributed by atoms with E-state index in [0.29, 0.717) is 5.75 Å². The van der Waals surface area contributed by atoms with Gasteiger partial charge in [0.15, 0.2) is 0 Å². The number of para-hydroxylation sites is 1. The summed E-state index contributed by atoms with van der Waals surface area (Å²) in [5.41, 5.74) is -0.851. The van der Waals surface area contributed by atoms with Crippen molar-refractivity contribution in [1.82, 2.24) is 0 Å². The summed E-state index contributed by atoms with van der Waals surface area (Å²) in [6.45, 7) is 3.45. The Kier molecular flexibility index (Phi) is 3.12. The van der Waals surface area contributed by atoms with Crippen LogP contribution >= 0.6 is 0 Å². The molecular weight excluding hydrogens is 180 g/mol. The zero-order valence-electron chi connectivity index (χ0n) is 8.36. The third-order valence-electron chi connectivity index (χ3n) is 1.92. The van der Waals surface area contributed by atoms with E-state index in [4.69, 9.17) is 9.84 Å². The van der Waals surface area contributed by atoms with Gasteiger partial charge in [-0.1, -0.05) is 18.2 Å². The molecule has 0 heterocycles. The summed E-state index contributed by atoms with van der Waals surface area (Å²) >= 11 is 0. The van der Waals surface area contributed by atoms with Crippen LogP contribution in [0.4, 0.5) is 0 Å². The topological polar surface area (TPSA) is 46.5 Å². The number of carboxylic acids is 1. The molecular formula is C11H14O3. The van der Waals surface area contributed by atoms with Crippen LogP contribution < -0.4 is 4.74 Å². The molecule has 0 saturated carbocycles. The van der Waals surface area contributed by atoms with E-state index < -0.39 is 11.4 Å². The molecule has 14 heavy (non-hydrogen) atoms. The van der Waals surface area contributed by atoms with E-state index in [1.807, 2.05) is 18.2 Å². The summed E-state index contributed by atoms with van der Waals surface area (Å²) in [5, 5.41) is 8.84. The van der Waals surface area contributed by atoms with Gasteiger partial charge in [0.25, 0.3) is 0 Å². The van der Waals surface area contributed by atoms with Crippen LogP contribution in [-0.2, 0) is 4.79 Å². The molecule has 0 saturated heterocycles. The third-order valence-corrected chi connectivity index (χ3v) is 1.92. The molecule has 0 aliphatic heterocycles. The highest BCUT2D eigenvalue weighted by Crippen LogP contribution is 2.18. The molecule has 1 rings (SSSR count). The van der Waals surface area contributed by atoms with Gasteiger partial charge in [-0.2, -0.15) is 0 Å². The average molecular weight is 194 g/mol. The molecule has 0 bridgehead atoms. The van der Waals surface area contributed by atoms with Crippen molar-refractivity contribution in [3.8, 4) is 5.75 Å². The molecule has 0 aliphatic rings. The van der Waals surface area contributed by atoms with E-state index in [0.717, 1.165) is 0 Å². The predicted molar refractivity (Wildman–Crippen MR) is 53.4 cm³/mol. The molecule has 0 aliphatic carbocycles. The number of carbonyl (C=O) groups is 1. The Bertz CT molecular complexity index is 304. The van der Waals surface area contributed by atoms with Gasteiger partial charge in [0, 0.05) is 0 Å². The predicted octanol–water partition coefficient (Wildman–Crippen LogP) is 2.18. The fraction of sp³-hybridized carbons (Fsp3) is 0.364. The fourth-order valence-electron chi connectivity index (χ4n) is 0.842. The number of rotatable bonds is 4. The van der Waals surface area contributed by atoms with Crippen molar-refractivity contribution in [2.75, 3.05) is 6.61 Å². The van der Waals surface area contributed by atoms with Crippen LogP contribution in [0.3, 0.4) is 0 Å². The van der Waals surface area contributed by atoms with Crippen LogP contribution in [0.15, 0.2) is 30.3 Å². The molecule has 1 N–H and O–H groups in total. The van der Waals surface area contributed by atoms with E-state index in [-0.39, 0.29) is 6.61 Å². The van der Waals surface area contributed by atoms with Crippen LogP contribution in [0.5, 0.6) is 5.75 Å². The quantitative estimate of drug-likeness (QED) is 0.799. The SMILES string of the molecule is CC(C)(COc1ccccc1)C(=O)O. The van der Waals surface area contributed by atoms with Gasteiger partial charge < -0.3 is 9.84 Å². The maximum atomic E-state index is 10.8. The van der Waals surface area contributed by atoms with Gasteiger partial charge in [0.2, 0.25) is 0 Å². The number of aliphatic carboxylic acids is 1. The van der Waals surface area contributed by atoms with Crippen molar-refractivity contribution in [3.05, 3.63) is 30.3 Å². The van der Waals surface area contributed by atoms with Crippen molar-refractivity contribution in [2.45, 2.75) is 13.8 Å². The second kappa shape index (κ2) is 4.13. The van der Waals surface area contributed by atoms with Gasteiger partial charge in [0.05, 0.1) is 5.41 Å². The Labute approximate surface area is 83.3 Å². The molecule has 0 aromatic heterocycles. The van der Waals surface area contributed by atoms with Crippen LogP contribution in [0, 0.1) is 5.41 Å². The monoisotopic (exact) mass is 194 g/mol. The van der Waals surface area contributed by atoms with Gasteiger partial charge in [0.1, 0.15) is 12.4 Å². The smallest absolute Gasteiger partial charge is 0.312 e. The zero-order valence-corrected chi connectivity index (χ0v) is 8.36. The van der Waals surface area contributed by atoms with E-state index in [1.54, 1.807) is 26.0 Å². The molecule has 0 spiro atoms. The van der Waals surface area contributed by atoms with Gasteiger partial charge in [-0.05, 0) is 26.0 Å². The lowest BCUT2D eigenvalue weighted by atomic mass is 9.95. The van der Waals surface area contributed by atoms with E-state index in [1.165, 1.54) is 0 Å². The summed E-state index contributed by atoms with van der Waals surface area (Å²) in [4.78, 5) is 10.8. The second-order valence-corrected chi connectivity index (χ2v) is 3.79. The second-order valence-electron chi connectivity index (χ2n) is 3.79. The van der Waals surface area contributed by atoms with Crippen LogP contribution in [0.1, 0.15) is 13.8 Å². The van der Waals surface area contributed by atoms with Crippen LogP contribution in [-0.4, -0.2) is 17.7 Å². The number of benzene rings is 1. The van der Waals surface area contributed by atoms with Crippen molar-refractivity contribution in [3.63, 3.8) is 0 Å². The average Bonchev–Trinajstić information content (AvgIpc) is 2.16. The fourth-order valence-corrected chi connectivity index (χ4v) is 0.842. The minimum atomic E-state index is -0.853. The zero-order chi connectivity index (χ0) is 10.6. The summed E-state index contributed by atoms with van der Waals surface area (Å²) in [7, 11) is 0. The lowest BCUT2D eigenvalue weighted by molar-refractivity contribution is -0.148. The summed E-state index contributed by atoms with van der Waals surface area (Å²) < 4.78 is 5.35. The molecule has 0 atom stereocenters. The van der Waals surface area contributed by atoms with Gasteiger partial charge in [-0.25, -0.2) is 0 Å². The van der Waals surface area contributed by atoms with Gasteiger partial charge >= 0.3 is 5.97 Å². The van der Waals surface area contributed by atoms with Crippen molar-refractivity contribution in [2.24, 2.45) is 5.41 Å². The molecule has 0 radical (unpaired) electrons. The lowest BCUT2D eigenvalue weighted by Crippen LogP contribution is -2.30. The molecule has 0 amide bonds. The highest BCUT2D eigenvalue weighted by atomic mass is 16.5. The highest BCUT2D eigenvalue weighted by Gasteiger charge is 2.27. The first-order valence-electron chi connectivity index (χ1n) is 4.43. The van der Waals surface area contributed by atoms with E-state index in [9.17, 15) is 4.79 Å². The normalized spacial score (nSPS) is 11.0. The molecule has 76 valence electrons. The number of hydrogen-bond acceptors (Lipinski definition) is 2. The van der Waals surface area contributed by atoms with E-state index >= 15 is 0 Å². The van der Waals surface area contributed by atoms with Crippen LogP contribution in [0.2, 0.25) is 0 Å². The minimum absolute atomic E-state index is 0.173. The highest BCUT2D eigenvalue weighted by molar-refractivity contribution is 5.73. The standard InChI is InChI=1S/C11H14O3/c1-11(2,10(12)13)8-14-9-6-4-3-5-7-9/h3-7H,8H2,1-2H3,(H,12,13). The maximum absolute atomic E-state index is 10.8. The van der Waals surface area contributed by atoms with Crippen molar-refractivity contribution >= 4 is 5.97 Å². The molecule has 3 nitrogen and oxygen atoms in total. The summed E-state index contributed by atoms with van der Waals surface area (Å²) in [6, 6.07) is 9.19. The van der Waals surface area contributed by atoms with Crippen molar-refractivity contribution < 1.29 is 14.6 Å². The Morgan fingerprint density at radius 3 is 2.43 bits per heavy atom. The summed E-state index contributed by atoms with van der Waals surface area (Å²) in [5.74, 6) is -0.157. The first kappa shape index (κ1) is 10.6. The molecule has 0 fully saturated rings.